The molecule has 96 valence electrons. The Bertz CT molecular complexity index is 358. The maximum Gasteiger partial charge on any atom is 0.0438 e. The lowest BCUT2D eigenvalue weighted by molar-refractivity contribution is 0.557. The van der Waals surface area contributed by atoms with Gasteiger partial charge in [0.2, 0.25) is 0 Å². The van der Waals surface area contributed by atoms with E-state index in [9.17, 15) is 0 Å². The smallest absolute Gasteiger partial charge is 0.0438 e. The van der Waals surface area contributed by atoms with Gasteiger partial charge < -0.3 is 5.32 Å². The second kappa shape index (κ2) is 7.03. The molecule has 17 heavy (non-hydrogen) atoms. The molecule has 0 aliphatic carbocycles. The number of hydrogen-bond donors (Lipinski definition) is 1. The summed E-state index contributed by atoms with van der Waals surface area (Å²) in [7, 11) is 0. The lowest BCUT2D eigenvalue weighted by Gasteiger charge is -2.10. The van der Waals surface area contributed by atoms with Crippen LogP contribution in [0.15, 0.2) is 12.1 Å². The molecule has 0 radical (unpaired) electrons. The number of halogens is 1. The molecule has 1 nitrogen and oxygen atoms in total. The molecule has 0 unspecified atom stereocenters. The highest BCUT2D eigenvalue weighted by Gasteiger charge is 2.03. The summed E-state index contributed by atoms with van der Waals surface area (Å²) in [5, 5.41) is 4.33. The van der Waals surface area contributed by atoms with Gasteiger partial charge in [0.25, 0.3) is 0 Å². The Hall–Kier alpha value is -0.530. The Morgan fingerprint density at radius 1 is 1.12 bits per heavy atom. The summed E-state index contributed by atoms with van der Waals surface area (Å²) in [5.41, 5.74) is 3.95. The van der Waals surface area contributed by atoms with Crippen molar-refractivity contribution >= 4 is 11.6 Å². The summed E-state index contributed by atoms with van der Waals surface area (Å²) < 4.78 is 0. The van der Waals surface area contributed by atoms with Crippen LogP contribution in [0.3, 0.4) is 0 Å². The minimum atomic E-state index is 0.592. The highest BCUT2D eigenvalue weighted by Crippen LogP contribution is 2.21. The van der Waals surface area contributed by atoms with E-state index in [1.54, 1.807) is 0 Å². The first-order chi connectivity index (χ1) is 8.00. The number of unbranched alkanes of at least 4 members (excludes halogenated alkanes) is 1. The second-order valence-corrected chi connectivity index (χ2v) is 5.50. The van der Waals surface area contributed by atoms with Crippen molar-refractivity contribution in [3.05, 3.63) is 33.8 Å². The van der Waals surface area contributed by atoms with E-state index in [1.807, 2.05) is 0 Å². The van der Waals surface area contributed by atoms with Crippen LogP contribution in [0.2, 0.25) is 5.02 Å². The number of nitrogens with one attached hydrogen (secondary N) is 1. The van der Waals surface area contributed by atoms with E-state index in [0.717, 1.165) is 18.0 Å². The Kier molecular flexibility index (Phi) is 6.01. The van der Waals surface area contributed by atoms with Crippen LogP contribution >= 0.6 is 11.6 Å². The maximum atomic E-state index is 6.09. The van der Waals surface area contributed by atoms with Crippen LogP contribution < -0.4 is 5.32 Å². The van der Waals surface area contributed by atoms with Crippen LogP contribution in [-0.2, 0) is 6.42 Å². The van der Waals surface area contributed by atoms with Gasteiger partial charge in [-0.3, -0.25) is 0 Å². The first kappa shape index (κ1) is 14.5. The standard InChI is InChI=1S/C15H24ClN/c1-11(2)17-8-6-5-7-14-9-13(4)15(16)10-12(14)3/h9-11,17H,5-8H2,1-4H3. The lowest BCUT2D eigenvalue weighted by atomic mass is 10.0. The van der Waals surface area contributed by atoms with Gasteiger partial charge in [-0.05, 0) is 62.4 Å². The average molecular weight is 254 g/mol. The molecular weight excluding hydrogens is 230 g/mol. The van der Waals surface area contributed by atoms with Gasteiger partial charge in [-0.1, -0.05) is 31.5 Å². The fourth-order valence-electron chi connectivity index (χ4n) is 1.94. The van der Waals surface area contributed by atoms with Gasteiger partial charge in [-0.25, -0.2) is 0 Å². The molecular formula is C15H24ClN. The molecule has 0 bridgehead atoms. The Morgan fingerprint density at radius 3 is 2.47 bits per heavy atom. The van der Waals surface area contributed by atoms with E-state index in [1.165, 1.54) is 29.5 Å². The highest BCUT2D eigenvalue weighted by atomic mass is 35.5. The van der Waals surface area contributed by atoms with E-state index < -0.39 is 0 Å². The van der Waals surface area contributed by atoms with Gasteiger partial charge in [0.1, 0.15) is 0 Å². The van der Waals surface area contributed by atoms with Gasteiger partial charge in [-0.15, -0.1) is 0 Å². The van der Waals surface area contributed by atoms with Gasteiger partial charge in [0, 0.05) is 11.1 Å². The molecule has 0 aromatic heterocycles. The predicted octanol–water partition coefficient (Wildman–Crippen LogP) is 4.28. The SMILES string of the molecule is Cc1cc(CCCCNC(C)C)c(C)cc1Cl. The molecule has 1 aromatic carbocycles. The summed E-state index contributed by atoms with van der Waals surface area (Å²) in [6, 6.07) is 4.90. The molecule has 0 saturated carbocycles. The molecule has 0 amide bonds. The van der Waals surface area contributed by atoms with Crippen molar-refractivity contribution in [3.8, 4) is 0 Å². The fraction of sp³-hybridized carbons (Fsp3) is 0.600. The molecule has 0 aliphatic heterocycles. The van der Waals surface area contributed by atoms with Crippen molar-refractivity contribution in [2.75, 3.05) is 6.54 Å². The second-order valence-electron chi connectivity index (χ2n) is 5.09. The van der Waals surface area contributed by atoms with E-state index in [0.29, 0.717) is 6.04 Å². The topological polar surface area (TPSA) is 12.0 Å². The third-order valence-electron chi connectivity index (χ3n) is 3.04. The summed E-state index contributed by atoms with van der Waals surface area (Å²) in [6.45, 7) is 9.71. The van der Waals surface area contributed by atoms with E-state index in [-0.39, 0.29) is 0 Å². The zero-order valence-corrected chi connectivity index (χ0v) is 12.2. The minimum Gasteiger partial charge on any atom is -0.315 e. The number of benzene rings is 1. The van der Waals surface area contributed by atoms with Crippen molar-refractivity contribution in [1.82, 2.24) is 5.32 Å². The largest absolute Gasteiger partial charge is 0.315 e. The molecule has 1 rings (SSSR count). The number of rotatable bonds is 6. The van der Waals surface area contributed by atoms with Crippen LogP contribution in [0.1, 0.15) is 43.4 Å². The quantitative estimate of drug-likeness (QED) is 0.747. The van der Waals surface area contributed by atoms with Crippen LogP contribution in [0.4, 0.5) is 0 Å². The van der Waals surface area contributed by atoms with Crippen molar-refractivity contribution in [2.45, 2.75) is 53.0 Å². The number of aryl methyl sites for hydroxylation is 3. The van der Waals surface area contributed by atoms with Crippen molar-refractivity contribution in [3.63, 3.8) is 0 Å². The van der Waals surface area contributed by atoms with Crippen molar-refractivity contribution in [2.24, 2.45) is 0 Å². The van der Waals surface area contributed by atoms with Gasteiger partial charge in [0.15, 0.2) is 0 Å². The Morgan fingerprint density at radius 2 is 1.82 bits per heavy atom. The summed E-state index contributed by atoms with van der Waals surface area (Å²) >= 11 is 6.09. The molecule has 1 aromatic rings. The lowest BCUT2D eigenvalue weighted by Crippen LogP contribution is -2.23. The fourth-order valence-corrected chi connectivity index (χ4v) is 2.16. The molecule has 2 heteroatoms. The van der Waals surface area contributed by atoms with Crippen molar-refractivity contribution in [1.29, 1.82) is 0 Å². The average Bonchev–Trinajstić information content (AvgIpc) is 2.24. The van der Waals surface area contributed by atoms with Gasteiger partial charge in [-0.2, -0.15) is 0 Å². The first-order valence-electron chi connectivity index (χ1n) is 6.49. The number of hydrogen-bond acceptors (Lipinski definition) is 1. The van der Waals surface area contributed by atoms with E-state index in [4.69, 9.17) is 11.6 Å². The maximum absolute atomic E-state index is 6.09. The summed E-state index contributed by atoms with van der Waals surface area (Å²) in [5.74, 6) is 0. The molecule has 0 atom stereocenters. The molecule has 0 saturated heterocycles. The monoisotopic (exact) mass is 253 g/mol. The minimum absolute atomic E-state index is 0.592. The van der Waals surface area contributed by atoms with Gasteiger partial charge >= 0.3 is 0 Å². The summed E-state index contributed by atoms with van der Waals surface area (Å²) in [6.07, 6.45) is 3.63. The van der Waals surface area contributed by atoms with Crippen LogP contribution in [0.5, 0.6) is 0 Å². The van der Waals surface area contributed by atoms with Crippen LogP contribution in [0.25, 0.3) is 0 Å². The van der Waals surface area contributed by atoms with Crippen LogP contribution in [-0.4, -0.2) is 12.6 Å². The first-order valence-corrected chi connectivity index (χ1v) is 6.87. The summed E-state index contributed by atoms with van der Waals surface area (Å²) in [4.78, 5) is 0. The predicted molar refractivity (Wildman–Crippen MR) is 77.0 cm³/mol. The van der Waals surface area contributed by atoms with E-state index >= 15 is 0 Å². The third kappa shape index (κ3) is 5.10. The normalized spacial score (nSPS) is 11.2. The zero-order valence-electron chi connectivity index (χ0n) is 11.4. The van der Waals surface area contributed by atoms with E-state index in [2.05, 4.69) is 45.1 Å². The van der Waals surface area contributed by atoms with Crippen molar-refractivity contribution < 1.29 is 0 Å². The van der Waals surface area contributed by atoms with Crippen LogP contribution in [0, 0.1) is 13.8 Å². The molecule has 0 spiro atoms. The molecule has 0 heterocycles. The Balaban J connectivity index is 2.39. The molecule has 1 N–H and O–H groups in total. The molecule has 0 aliphatic rings. The highest BCUT2D eigenvalue weighted by molar-refractivity contribution is 6.31. The Labute approximate surface area is 111 Å². The zero-order chi connectivity index (χ0) is 12.8. The van der Waals surface area contributed by atoms with Gasteiger partial charge in [0.05, 0.1) is 0 Å². The third-order valence-corrected chi connectivity index (χ3v) is 3.45. The molecule has 0 fully saturated rings.